The molecule has 3 aromatic rings. The standard InChI is InChI=1S/C19H19N3O3S/c23-17(25-14-9-5-2-6-10-14)12-22-19(24)15-11-16(26-18(15)20-21-22)13-7-3-1-4-8-13/h1,3-4,7-8,11,14H,2,5-6,9-10,12H2. The van der Waals surface area contributed by atoms with Gasteiger partial charge in [0.15, 0.2) is 4.83 Å². The van der Waals surface area contributed by atoms with Crippen molar-refractivity contribution in [2.45, 2.75) is 44.8 Å². The highest BCUT2D eigenvalue weighted by Crippen LogP contribution is 2.30. The van der Waals surface area contributed by atoms with Crippen LogP contribution in [0, 0.1) is 0 Å². The molecule has 0 N–H and O–H groups in total. The lowest BCUT2D eigenvalue weighted by atomic mass is 9.98. The molecule has 0 atom stereocenters. The van der Waals surface area contributed by atoms with E-state index in [4.69, 9.17) is 4.74 Å². The number of aromatic nitrogens is 3. The maximum Gasteiger partial charge on any atom is 0.328 e. The molecule has 0 amide bonds. The first kappa shape index (κ1) is 16.9. The molecule has 1 saturated carbocycles. The highest BCUT2D eigenvalue weighted by atomic mass is 32.1. The summed E-state index contributed by atoms with van der Waals surface area (Å²) in [4.78, 5) is 26.3. The zero-order chi connectivity index (χ0) is 17.9. The van der Waals surface area contributed by atoms with Gasteiger partial charge >= 0.3 is 5.97 Å². The Hall–Kier alpha value is -2.54. The Bertz CT molecular complexity index is 975. The van der Waals surface area contributed by atoms with Crippen LogP contribution in [0.2, 0.25) is 0 Å². The highest BCUT2D eigenvalue weighted by molar-refractivity contribution is 7.21. The smallest absolute Gasteiger partial charge is 0.328 e. The average Bonchev–Trinajstić information content (AvgIpc) is 3.11. The summed E-state index contributed by atoms with van der Waals surface area (Å²) in [6, 6.07) is 11.6. The number of nitrogens with zero attached hydrogens (tertiary/aromatic N) is 3. The molecule has 1 fully saturated rings. The number of benzene rings is 1. The molecular weight excluding hydrogens is 350 g/mol. The predicted molar refractivity (Wildman–Crippen MR) is 100 cm³/mol. The highest BCUT2D eigenvalue weighted by Gasteiger charge is 2.19. The Labute approximate surface area is 154 Å². The Morgan fingerprint density at radius 2 is 1.96 bits per heavy atom. The van der Waals surface area contributed by atoms with Gasteiger partial charge in [0.1, 0.15) is 12.6 Å². The van der Waals surface area contributed by atoms with Gasteiger partial charge < -0.3 is 4.74 Å². The maximum atomic E-state index is 12.7. The van der Waals surface area contributed by atoms with Gasteiger partial charge in [-0.3, -0.25) is 9.59 Å². The lowest BCUT2D eigenvalue weighted by Gasteiger charge is -2.21. The quantitative estimate of drug-likeness (QED) is 0.659. The third-order valence-electron chi connectivity index (χ3n) is 4.61. The van der Waals surface area contributed by atoms with Crippen LogP contribution in [0.25, 0.3) is 20.7 Å². The first-order chi connectivity index (χ1) is 12.7. The summed E-state index contributed by atoms with van der Waals surface area (Å²) in [5.41, 5.74) is 0.715. The van der Waals surface area contributed by atoms with Crippen molar-refractivity contribution in [2.75, 3.05) is 0 Å². The molecule has 0 bridgehead atoms. The van der Waals surface area contributed by atoms with E-state index in [1.807, 2.05) is 36.4 Å². The summed E-state index contributed by atoms with van der Waals surface area (Å²) in [6.07, 6.45) is 5.13. The van der Waals surface area contributed by atoms with Crippen molar-refractivity contribution in [3.63, 3.8) is 0 Å². The molecule has 26 heavy (non-hydrogen) atoms. The molecule has 0 saturated heterocycles. The largest absolute Gasteiger partial charge is 0.461 e. The lowest BCUT2D eigenvalue weighted by Crippen LogP contribution is -2.30. The second-order valence-corrected chi connectivity index (χ2v) is 7.53. The number of rotatable bonds is 4. The molecule has 6 nitrogen and oxygen atoms in total. The van der Waals surface area contributed by atoms with Crippen LogP contribution in [-0.2, 0) is 16.1 Å². The molecule has 134 valence electrons. The summed E-state index contributed by atoms with van der Waals surface area (Å²) in [5.74, 6) is -0.425. The first-order valence-electron chi connectivity index (χ1n) is 8.83. The Morgan fingerprint density at radius 3 is 2.73 bits per heavy atom. The number of fused-ring (bicyclic) bond motifs is 1. The van der Waals surface area contributed by atoms with Crippen molar-refractivity contribution in [3.05, 3.63) is 46.8 Å². The van der Waals surface area contributed by atoms with Gasteiger partial charge in [0.25, 0.3) is 5.56 Å². The van der Waals surface area contributed by atoms with Crippen molar-refractivity contribution in [1.82, 2.24) is 15.0 Å². The van der Waals surface area contributed by atoms with Gasteiger partial charge in [-0.05, 0) is 37.3 Å². The molecule has 1 aliphatic rings. The third kappa shape index (κ3) is 3.53. The van der Waals surface area contributed by atoms with E-state index in [-0.39, 0.29) is 18.2 Å². The average molecular weight is 369 g/mol. The number of carbonyl (C=O) groups is 1. The van der Waals surface area contributed by atoms with Gasteiger partial charge in [-0.15, -0.1) is 16.4 Å². The van der Waals surface area contributed by atoms with E-state index in [1.165, 1.54) is 17.8 Å². The van der Waals surface area contributed by atoms with Crippen LogP contribution >= 0.6 is 11.3 Å². The van der Waals surface area contributed by atoms with Crippen LogP contribution in [0.3, 0.4) is 0 Å². The van der Waals surface area contributed by atoms with E-state index in [1.54, 1.807) is 0 Å². The summed E-state index contributed by atoms with van der Waals surface area (Å²) in [7, 11) is 0. The van der Waals surface area contributed by atoms with Gasteiger partial charge in [0.05, 0.1) is 5.39 Å². The minimum absolute atomic E-state index is 0.0329. The monoisotopic (exact) mass is 369 g/mol. The molecule has 0 aliphatic heterocycles. The van der Waals surface area contributed by atoms with Crippen LogP contribution in [0.15, 0.2) is 41.2 Å². The summed E-state index contributed by atoms with van der Waals surface area (Å²) in [6.45, 7) is -0.200. The molecular formula is C19H19N3O3S. The summed E-state index contributed by atoms with van der Waals surface area (Å²) < 4.78 is 6.57. The topological polar surface area (TPSA) is 74.1 Å². The van der Waals surface area contributed by atoms with Crippen molar-refractivity contribution in [3.8, 4) is 10.4 Å². The Kier molecular flexibility index (Phi) is 4.79. The third-order valence-corrected chi connectivity index (χ3v) is 5.68. The molecule has 7 heteroatoms. The minimum atomic E-state index is -0.425. The SMILES string of the molecule is O=C(Cn1nnc2sc(-c3ccccc3)cc2c1=O)OC1CCCCC1. The molecule has 1 aromatic carbocycles. The van der Waals surface area contributed by atoms with Crippen molar-refractivity contribution < 1.29 is 9.53 Å². The zero-order valence-electron chi connectivity index (χ0n) is 14.3. The number of hydrogen-bond acceptors (Lipinski definition) is 6. The van der Waals surface area contributed by atoms with Crippen molar-refractivity contribution in [2.24, 2.45) is 0 Å². The van der Waals surface area contributed by atoms with Gasteiger partial charge in [-0.2, -0.15) is 4.68 Å². The normalized spacial score (nSPS) is 15.2. The fraction of sp³-hybridized carbons (Fsp3) is 0.368. The number of hydrogen-bond donors (Lipinski definition) is 0. The van der Waals surface area contributed by atoms with E-state index >= 15 is 0 Å². The van der Waals surface area contributed by atoms with Crippen LogP contribution in [-0.4, -0.2) is 27.1 Å². The van der Waals surface area contributed by atoms with Gasteiger partial charge in [-0.1, -0.05) is 42.0 Å². The Morgan fingerprint density at radius 1 is 1.19 bits per heavy atom. The molecule has 4 rings (SSSR count). The fourth-order valence-electron chi connectivity index (χ4n) is 3.26. The predicted octanol–water partition coefficient (Wildman–Crippen LogP) is 3.40. The second-order valence-electron chi connectivity index (χ2n) is 6.50. The van der Waals surface area contributed by atoms with E-state index < -0.39 is 5.97 Å². The molecule has 0 unspecified atom stereocenters. The first-order valence-corrected chi connectivity index (χ1v) is 9.64. The second kappa shape index (κ2) is 7.37. The molecule has 2 heterocycles. The summed E-state index contributed by atoms with van der Waals surface area (Å²) in [5, 5.41) is 8.50. The summed E-state index contributed by atoms with van der Waals surface area (Å²) >= 11 is 1.42. The van der Waals surface area contributed by atoms with E-state index in [0.29, 0.717) is 10.2 Å². The molecule has 2 aromatic heterocycles. The van der Waals surface area contributed by atoms with Crippen molar-refractivity contribution >= 4 is 27.5 Å². The van der Waals surface area contributed by atoms with Crippen LogP contribution < -0.4 is 5.56 Å². The molecule has 0 radical (unpaired) electrons. The minimum Gasteiger partial charge on any atom is -0.461 e. The van der Waals surface area contributed by atoms with Crippen LogP contribution in [0.4, 0.5) is 0 Å². The molecule has 1 aliphatic carbocycles. The van der Waals surface area contributed by atoms with Gasteiger partial charge in [-0.25, -0.2) is 0 Å². The van der Waals surface area contributed by atoms with Crippen molar-refractivity contribution in [1.29, 1.82) is 0 Å². The lowest BCUT2D eigenvalue weighted by molar-refractivity contribution is -0.151. The number of esters is 1. The number of carbonyl (C=O) groups excluding carboxylic acids is 1. The van der Waals surface area contributed by atoms with E-state index in [0.717, 1.165) is 40.8 Å². The van der Waals surface area contributed by atoms with Gasteiger partial charge in [0.2, 0.25) is 0 Å². The van der Waals surface area contributed by atoms with Crippen LogP contribution in [0.1, 0.15) is 32.1 Å². The van der Waals surface area contributed by atoms with Gasteiger partial charge in [0, 0.05) is 4.88 Å². The Balaban J connectivity index is 1.55. The van der Waals surface area contributed by atoms with Crippen LogP contribution in [0.5, 0.6) is 0 Å². The van der Waals surface area contributed by atoms with E-state index in [2.05, 4.69) is 10.3 Å². The number of thiophene rings is 1. The van der Waals surface area contributed by atoms with E-state index in [9.17, 15) is 9.59 Å². The zero-order valence-corrected chi connectivity index (χ0v) is 15.1. The number of ether oxygens (including phenoxy) is 1. The maximum absolute atomic E-state index is 12.7. The fourth-order valence-corrected chi connectivity index (χ4v) is 4.23. The molecule has 0 spiro atoms.